The van der Waals surface area contributed by atoms with E-state index in [1.165, 1.54) is 31.2 Å². The zero-order valence-corrected chi connectivity index (χ0v) is 16.2. The number of carbonyl (C=O) groups is 3. The summed E-state index contributed by atoms with van der Waals surface area (Å²) < 4.78 is 27.1. The molecule has 11 nitrogen and oxygen atoms in total. The number of carbonyl (C=O) groups excluding carboxylic acids is 3. The van der Waals surface area contributed by atoms with Crippen molar-refractivity contribution < 1.29 is 43.0 Å². The predicted octanol–water partition coefficient (Wildman–Crippen LogP) is 1.51. The lowest BCUT2D eigenvalue weighted by Gasteiger charge is -2.43. The summed E-state index contributed by atoms with van der Waals surface area (Å²) >= 11 is 0. The van der Waals surface area contributed by atoms with E-state index in [1.807, 2.05) is 0 Å². The lowest BCUT2D eigenvalue weighted by Crippen LogP contribution is -2.62. The monoisotopic (exact) mass is 411 g/mol. The van der Waals surface area contributed by atoms with E-state index in [4.69, 9.17) is 23.7 Å². The van der Waals surface area contributed by atoms with Gasteiger partial charge in [0.05, 0.1) is 11.0 Å². The Hall–Kier alpha value is -3.21. The normalized spacial score (nSPS) is 26.1. The van der Waals surface area contributed by atoms with Crippen LogP contribution in [0.3, 0.4) is 0 Å². The molecule has 5 atom stereocenters. The van der Waals surface area contributed by atoms with E-state index < -0.39 is 53.5 Å². The number of hydrogen-bond donors (Lipinski definition) is 0. The Labute approximate surface area is 166 Å². The Morgan fingerprint density at radius 3 is 1.86 bits per heavy atom. The third-order valence-electron chi connectivity index (χ3n) is 3.93. The number of esters is 3. The van der Waals surface area contributed by atoms with Crippen molar-refractivity contribution in [3.63, 3.8) is 0 Å². The predicted molar refractivity (Wildman–Crippen MR) is 94.7 cm³/mol. The fraction of sp³-hybridized carbons (Fsp3) is 0.500. The molecule has 158 valence electrons. The molecule has 0 amide bonds. The molecule has 0 N–H and O–H groups in total. The highest BCUT2D eigenvalue weighted by atomic mass is 16.7. The van der Waals surface area contributed by atoms with Gasteiger partial charge in [-0.3, -0.25) is 24.5 Å². The molecule has 29 heavy (non-hydrogen) atoms. The largest absolute Gasteiger partial charge is 0.461 e. The van der Waals surface area contributed by atoms with Crippen molar-refractivity contribution in [2.75, 3.05) is 0 Å². The molecule has 1 aromatic rings. The van der Waals surface area contributed by atoms with E-state index in [9.17, 15) is 24.5 Å². The van der Waals surface area contributed by atoms with Crippen molar-refractivity contribution in [3.05, 3.63) is 34.4 Å². The highest BCUT2D eigenvalue weighted by Gasteiger charge is 2.51. The van der Waals surface area contributed by atoms with Crippen LogP contribution in [-0.4, -0.2) is 53.5 Å². The smallest absolute Gasteiger partial charge is 0.303 e. The molecule has 5 unspecified atom stereocenters. The third-order valence-corrected chi connectivity index (χ3v) is 3.93. The first kappa shape index (κ1) is 22.1. The minimum atomic E-state index is -1.26. The average Bonchev–Trinajstić information content (AvgIpc) is 2.61. The van der Waals surface area contributed by atoms with Gasteiger partial charge in [0.1, 0.15) is 5.75 Å². The molecular weight excluding hydrogens is 390 g/mol. The van der Waals surface area contributed by atoms with E-state index in [0.717, 1.165) is 13.8 Å². The molecule has 0 bridgehead atoms. The van der Waals surface area contributed by atoms with Crippen LogP contribution in [0.15, 0.2) is 24.3 Å². The quantitative estimate of drug-likeness (QED) is 0.293. The summed E-state index contributed by atoms with van der Waals surface area (Å²) in [5, 5.41) is 10.8. The van der Waals surface area contributed by atoms with Gasteiger partial charge in [0.2, 0.25) is 12.4 Å². The molecule has 2 rings (SSSR count). The maximum Gasteiger partial charge on any atom is 0.303 e. The summed E-state index contributed by atoms with van der Waals surface area (Å²) in [5.74, 6) is -1.84. The molecular formula is C18H21NO10. The van der Waals surface area contributed by atoms with E-state index in [0.29, 0.717) is 0 Å². The van der Waals surface area contributed by atoms with Crippen LogP contribution >= 0.6 is 0 Å². The highest BCUT2D eigenvalue weighted by Crippen LogP contribution is 2.30. The number of nitro benzene ring substituents is 1. The van der Waals surface area contributed by atoms with Crippen molar-refractivity contribution >= 4 is 23.6 Å². The second kappa shape index (κ2) is 9.32. The van der Waals surface area contributed by atoms with E-state index in [-0.39, 0.29) is 11.4 Å². The van der Waals surface area contributed by atoms with Crippen molar-refractivity contribution in [2.45, 2.75) is 58.4 Å². The molecule has 0 aromatic heterocycles. The van der Waals surface area contributed by atoms with Crippen LogP contribution in [-0.2, 0) is 33.3 Å². The van der Waals surface area contributed by atoms with Gasteiger partial charge in [-0.1, -0.05) is 0 Å². The van der Waals surface area contributed by atoms with Gasteiger partial charge in [-0.25, -0.2) is 0 Å². The number of hydrogen-bond acceptors (Lipinski definition) is 10. The Morgan fingerprint density at radius 2 is 1.38 bits per heavy atom. The zero-order chi connectivity index (χ0) is 21.7. The number of nitrogens with zero attached hydrogens (tertiary/aromatic N) is 1. The molecule has 11 heteroatoms. The lowest BCUT2D eigenvalue weighted by molar-refractivity contribution is -0.384. The van der Waals surface area contributed by atoms with Gasteiger partial charge in [0.25, 0.3) is 5.69 Å². The summed E-state index contributed by atoms with van der Waals surface area (Å²) in [7, 11) is 0. The maximum absolute atomic E-state index is 11.6. The Bertz CT molecular complexity index is 777. The second-order valence-corrected chi connectivity index (χ2v) is 6.30. The van der Waals surface area contributed by atoms with Crippen LogP contribution in [0.4, 0.5) is 5.69 Å². The number of benzene rings is 1. The molecule has 0 spiro atoms. The van der Waals surface area contributed by atoms with Gasteiger partial charge in [-0.05, 0) is 19.1 Å². The van der Waals surface area contributed by atoms with Crippen molar-refractivity contribution in [2.24, 2.45) is 0 Å². The number of rotatable bonds is 6. The first-order chi connectivity index (χ1) is 13.6. The molecule has 0 aliphatic carbocycles. The topological polar surface area (TPSA) is 141 Å². The summed E-state index contributed by atoms with van der Waals surface area (Å²) in [6.07, 6.45) is -5.50. The Kier molecular flexibility index (Phi) is 7.10. The standard InChI is InChI=1S/C18H21NO10/c1-9-15(26-10(2)20)16(27-11(3)21)17(28-12(4)22)18(25-9)29-14-7-5-13(6-8-14)19(23)24/h5-9,15-18H,1-4H3. The molecule has 1 aliphatic heterocycles. The van der Waals surface area contributed by atoms with Crippen molar-refractivity contribution in [3.8, 4) is 5.75 Å². The first-order valence-electron chi connectivity index (χ1n) is 8.66. The fourth-order valence-electron chi connectivity index (χ4n) is 2.85. The number of non-ortho nitro benzene ring substituents is 1. The molecule has 0 saturated carbocycles. The zero-order valence-electron chi connectivity index (χ0n) is 16.2. The third kappa shape index (κ3) is 5.88. The van der Waals surface area contributed by atoms with Crippen LogP contribution in [0.1, 0.15) is 27.7 Å². The highest BCUT2D eigenvalue weighted by molar-refractivity contribution is 5.68. The minimum absolute atomic E-state index is 0.139. The molecule has 0 radical (unpaired) electrons. The van der Waals surface area contributed by atoms with Crippen LogP contribution in [0.2, 0.25) is 0 Å². The lowest BCUT2D eigenvalue weighted by atomic mass is 9.99. The summed E-state index contributed by atoms with van der Waals surface area (Å²) in [6, 6.07) is 5.15. The molecule has 1 saturated heterocycles. The Morgan fingerprint density at radius 1 is 0.897 bits per heavy atom. The number of nitro groups is 1. The van der Waals surface area contributed by atoms with Crippen LogP contribution in [0.25, 0.3) is 0 Å². The number of ether oxygens (including phenoxy) is 5. The second-order valence-electron chi connectivity index (χ2n) is 6.30. The van der Waals surface area contributed by atoms with E-state index in [1.54, 1.807) is 6.92 Å². The van der Waals surface area contributed by atoms with Gasteiger partial charge in [-0.15, -0.1) is 0 Å². The minimum Gasteiger partial charge on any atom is -0.461 e. The van der Waals surface area contributed by atoms with E-state index >= 15 is 0 Å². The summed E-state index contributed by atoms with van der Waals surface area (Å²) in [6.45, 7) is 5.05. The summed E-state index contributed by atoms with van der Waals surface area (Å²) in [5.41, 5.74) is -0.139. The Balaban J connectivity index is 2.33. The van der Waals surface area contributed by atoms with E-state index in [2.05, 4.69) is 0 Å². The van der Waals surface area contributed by atoms with Gasteiger partial charge in [0, 0.05) is 32.9 Å². The van der Waals surface area contributed by atoms with Crippen LogP contribution < -0.4 is 4.74 Å². The molecule has 1 fully saturated rings. The van der Waals surface area contributed by atoms with Gasteiger partial charge < -0.3 is 23.7 Å². The molecule has 1 heterocycles. The van der Waals surface area contributed by atoms with Crippen molar-refractivity contribution in [1.29, 1.82) is 0 Å². The maximum atomic E-state index is 11.6. The van der Waals surface area contributed by atoms with Gasteiger partial charge >= 0.3 is 17.9 Å². The average molecular weight is 411 g/mol. The van der Waals surface area contributed by atoms with Crippen LogP contribution in [0, 0.1) is 10.1 Å². The van der Waals surface area contributed by atoms with Crippen molar-refractivity contribution in [1.82, 2.24) is 0 Å². The SMILES string of the molecule is CC(=O)OC1C(C)OC(Oc2ccc([N+](=O)[O-])cc2)C(OC(C)=O)C1OC(C)=O. The van der Waals surface area contributed by atoms with Crippen LogP contribution in [0.5, 0.6) is 5.75 Å². The molecule has 1 aromatic carbocycles. The fourth-order valence-corrected chi connectivity index (χ4v) is 2.85. The van der Waals surface area contributed by atoms with Gasteiger partial charge in [0.15, 0.2) is 12.2 Å². The molecule has 1 aliphatic rings. The summed E-state index contributed by atoms with van der Waals surface area (Å²) in [4.78, 5) is 44.9. The van der Waals surface area contributed by atoms with Gasteiger partial charge in [-0.2, -0.15) is 0 Å². The first-order valence-corrected chi connectivity index (χ1v) is 8.66.